The number of rotatable bonds is 25. The number of para-hydroxylation sites is 2. The van der Waals surface area contributed by atoms with Crippen molar-refractivity contribution in [2.75, 3.05) is 47.1 Å². The highest BCUT2D eigenvalue weighted by Gasteiger charge is 2.44. The first-order chi connectivity index (χ1) is 41.3. The van der Waals surface area contributed by atoms with E-state index in [1.54, 1.807) is 24.3 Å². The summed E-state index contributed by atoms with van der Waals surface area (Å²) in [6, 6.07) is 29.2. The maximum absolute atomic E-state index is 13.8. The molecular weight excluding hydrogens is 1150 g/mol. The Morgan fingerprint density at radius 2 is 1.52 bits per heavy atom. The number of H-pyrrole nitrogens is 1. The molecule has 0 spiro atoms. The van der Waals surface area contributed by atoms with Crippen molar-refractivity contribution >= 4 is 77.7 Å². The zero-order valence-corrected chi connectivity index (χ0v) is 50.9. The smallest absolute Gasteiger partial charge is 0.280 e. The van der Waals surface area contributed by atoms with Crippen LogP contribution in [0.4, 0.5) is 23.0 Å². The molecule has 1 aliphatic carbocycles. The van der Waals surface area contributed by atoms with Gasteiger partial charge < -0.3 is 31.3 Å². The number of hydrogen-bond acceptors (Lipinski definition) is 15. The summed E-state index contributed by atoms with van der Waals surface area (Å²) in [5.74, 6) is -0.854. The lowest BCUT2D eigenvalue weighted by atomic mass is 9.81. The number of carbonyl (C=O) groups excluding carboxylic acids is 3. The van der Waals surface area contributed by atoms with Crippen LogP contribution in [0.3, 0.4) is 0 Å². The molecule has 2 aromatic heterocycles. The standard InChI is InChI=1S/C64H72N10O11S2/c1-41(75)69-51(54(76)40-68-60(77)45-23-27-46(28-24-45)66-38-47-39-67-59-57(70-47)61(78)72-62(65)71-59)37-42-21-29-48(30-22-42)85-58-43(25-31-55-63(2,3)49-17-6-8-19-52(49)73(55)33-10-12-35-86(79,80)81)15-14-16-44(58)26-32-56-64(4,5)50-18-7-9-20-53(50)74(56)34-11-13-36-87(82,83)84/h6-9,17-32,39,51H,10-16,33-38,40H2,1-5H3,(H7-,65,66,67,68,69,71,72,75,77,78,79,80,81,82,83,84)/p+1/t51-/m0/s1. The van der Waals surface area contributed by atoms with Gasteiger partial charge in [0.15, 0.2) is 22.7 Å². The first kappa shape index (κ1) is 62.9. The monoisotopic (exact) mass is 1220 g/mol. The predicted molar refractivity (Wildman–Crippen MR) is 335 cm³/mol. The molecule has 9 rings (SSSR count). The number of nitrogens with one attached hydrogen (secondary N) is 4. The van der Waals surface area contributed by atoms with Crippen LogP contribution in [-0.4, -0.2) is 111 Å². The Bertz CT molecular complexity index is 4080. The molecule has 0 saturated carbocycles. The summed E-state index contributed by atoms with van der Waals surface area (Å²) in [5, 5.41) is 8.62. The van der Waals surface area contributed by atoms with Crippen molar-refractivity contribution in [1.82, 2.24) is 30.6 Å². The average Bonchev–Trinajstić information content (AvgIpc) is 1.64. The van der Waals surface area contributed by atoms with Crippen molar-refractivity contribution < 1.29 is 49.6 Å². The first-order valence-corrected chi connectivity index (χ1v) is 32.1. The van der Waals surface area contributed by atoms with Crippen molar-refractivity contribution in [3.8, 4) is 5.75 Å². The molecule has 0 bridgehead atoms. The quantitative estimate of drug-likeness (QED) is 0.0161. The molecule has 0 unspecified atom stereocenters. The second-order valence-electron chi connectivity index (χ2n) is 23.0. The van der Waals surface area contributed by atoms with Crippen LogP contribution in [0.15, 0.2) is 155 Å². The van der Waals surface area contributed by atoms with E-state index in [-0.39, 0.29) is 48.1 Å². The number of nitrogen functional groups attached to an aromatic ring is 1. The SMILES string of the molecule is CC(=O)N[C@@H](Cc1ccc(OC2=C(C=CC3=[N+](CCCCS(=O)(=O)O)c4ccccc4C3(C)C)CCCC2=CC=C2N(CCCCS(=O)(=O)O)c3ccccc3C2(C)C)cc1)C(=O)CNC(=O)c1ccc(NCc2cnc3nc(N)[nH]c(=O)c3n2)cc1. The van der Waals surface area contributed by atoms with Crippen molar-refractivity contribution in [3.05, 3.63) is 188 Å². The van der Waals surface area contributed by atoms with Crippen LogP contribution < -0.4 is 36.9 Å². The number of aromatic amines is 1. The van der Waals surface area contributed by atoms with Gasteiger partial charge in [-0.2, -0.15) is 26.4 Å². The molecule has 1 atom stereocenters. The highest BCUT2D eigenvalue weighted by Crippen LogP contribution is 2.48. The molecule has 21 nitrogen and oxygen atoms in total. The fourth-order valence-electron chi connectivity index (χ4n) is 11.5. The molecule has 8 N–H and O–H groups in total. The van der Waals surface area contributed by atoms with E-state index < -0.39 is 60.3 Å². The Hall–Kier alpha value is -8.64. The van der Waals surface area contributed by atoms with Gasteiger partial charge in [0.05, 0.1) is 47.9 Å². The van der Waals surface area contributed by atoms with Gasteiger partial charge in [-0.25, -0.2) is 9.97 Å². The number of nitrogens with two attached hydrogens (primary N) is 1. The van der Waals surface area contributed by atoms with Gasteiger partial charge in [0.25, 0.3) is 31.7 Å². The van der Waals surface area contributed by atoms with Crippen LogP contribution in [0.5, 0.6) is 5.75 Å². The topological polar surface area (TPSA) is 309 Å². The fraction of sp³-hybridized carbons (Fsp3) is 0.344. The minimum Gasteiger partial charge on any atom is -0.457 e. The third-order valence-electron chi connectivity index (χ3n) is 15.9. The van der Waals surface area contributed by atoms with E-state index in [4.69, 9.17) is 10.5 Å². The van der Waals surface area contributed by atoms with Crippen LogP contribution in [0.2, 0.25) is 0 Å². The molecule has 0 fully saturated rings. The number of anilines is 3. The fourth-order valence-corrected chi connectivity index (χ4v) is 12.6. The molecule has 2 amide bonds. The number of carbonyl (C=O) groups is 3. The zero-order valence-electron chi connectivity index (χ0n) is 49.3. The van der Waals surface area contributed by atoms with Crippen molar-refractivity contribution in [3.63, 3.8) is 0 Å². The number of amides is 2. The molecule has 6 aromatic rings. The van der Waals surface area contributed by atoms with Gasteiger partial charge in [0.1, 0.15) is 18.1 Å². The Labute approximate surface area is 506 Å². The van der Waals surface area contributed by atoms with Gasteiger partial charge in [0.2, 0.25) is 17.5 Å². The Kier molecular flexibility index (Phi) is 19.2. The molecule has 4 aromatic carbocycles. The van der Waals surface area contributed by atoms with Crippen LogP contribution in [0.25, 0.3) is 11.2 Å². The molecule has 2 aliphatic heterocycles. The van der Waals surface area contributed by atoms with Gasteiger partial charge in [-0.1, -0.05) is 68.5 Å². The van der Waals surface area contributed by atoms with Gasteiger partial charge in [-0.05, 0) is 136 Å². The van der Waals surface area contributed by atoms with E-state index in [9.17, 15) is 45.1 Å². The maximum Gasteiger partial charge on any atom is 0.280 e. The highest BCUT2D eigenvalue weighted by atomic mass is 32.2. The van der Waals surface area contributed by atoms with E-state index in [0.717, 1.165) is 57.0 Å². The Balaban J connectivity index is 0.949. The minimum absolute atomic E-state index is 0.0515. The lowest BCUT2D eigenvalue weighted by molar-refractivity contribution is -0.438. The summed E-state index contributed by atoms with van der Waals surface area (Å²) < 4.78 is 74.8. The predicted octanol–water partition coefficient (Wildman–Crippen LogP) is 8.35. The van der Waals surface area contributed by atoms with Crippen LogP contribution in [-0.2, 0) is 53.6 Å². The van der Waals surface area contributed by atoms with Crippen LogP contribution >= 0.6 is 0 Å². The second kappa shape index (κ2) is 26.5. The largest absolute Gasteiger partial charge is 0.457 e. The normalized spacial score (nSPS) is 16.8. The second-order valence-corrected chi connectivity index (χ2v) is 26.2. The maximum atomic E-state index is 13.8. The summed E-state index contributed by atoms with van der Waals surface area (Å²) >= 11 is 0. The molecule has 87 heavy (non-hydrogen) atoms. The molecule has 456 valence electrons. The molecular formula is C64H73N10O11S2+. The van der Waals surface area contributed by atoms with Crippen molar-refractivity contribution in [1.29, 1.82) is 0 Å². The zero-order chi connectivity index (χ0) is 62.3. The summed E-state index contributed by atoms with van der Waals surface area (Å²) in [7, 11) is -8.23. The number of fused-ring (bicyclic) bond motifs is 3. The molecule has 23 heteroatoms. The number of benzene rings is 4. The summed E-state index contributed by atoms with van der Waals surface area (Å²) in [6.45, 7) is 10.9. The number of ketones is 1. The number of nitrogens with zero attached hydrogens (tertiary/aromatic N) is 5. The van der Waals surface area contributed by atoms with Gasteiger partial charge in [-0.15, -0.1) is 0 Å². The highest BCUT2D eigenvalue weighted by molar-refractivity contribution is 7.86. The third kappa shape index (κ3) is 15.5. The van der Waals surface area contributed by atoms with Crippen LogP contribution in [0, 0.1) is 0 Å². The van der Waals surface area contributed by atoms with E-state index in [0.29, 0.717) is 80.1 Å². The lowest BCUT2D eigenvalue weighted by Gasteiger charge is -2.27. The van der Waals surface area contributed by atoms with E-state index in [2.05, 4.69) is 122 Å². The molecule has 3 aliphatic rings. The Morgan fingerprint density at radius 1 is 0.828 bits per heavy atom. The summed E-state index contributed by atoms with van der Waals surface area (Å²) in [5.41, 5.74) is 14.8. The van der Waals surface area contributed by atoms with Crippen LogP contribution in [0.1, 0.15) is 112 Å². The third-order valence-corrected chi connectivity index (χ3v) is 17.5. The number of unbranched alkanes of at least 4 members (excludes halogenated alkanes) is 2. The van der Waals surface area contributed by atoms with Crippen molar-refractivity contribution in [2.24, 2.45) is 0 Å². The summed E-state index contributed by atoms with van der Waals surface area (Å²) in [6.07, 6.45) is 13.9. The van der Waals surface area contributed by atoms with E-state index in [1.807, 2.05) is 48.5 Å². The van der Waals surface area contributed by atoms with Gasteiger partial charge >= 0.3 is 0 Å². The first-order valence-electron chi connectivity index (χ1n) is 28.9. The van der Waals surface area contributed by atoms with Crippen molar-refractivity contribution in [2.45, 2.75) is 109 Å². The molecule has 4 heterocycles. The van der Waals surface area contributed by atoms with Gasteiger partial charge in [-0.3, -0.25) is 33.3 Å². The summed E-state index contributed by atoms with van der Waals surface area (Å²) in [4.78, 5) is 69.0. The number of Topliss-reactive ketones (excluding diaryl/α,β-unsaturated/α-hetero) is 1. The lowest BCUT2D eigenvalue weighted by Crippen LogP contribution is -2.46. The van der Waals surface area contributed by atoms with E-state index >= 15 is 0 Å². The van der Waals surface area contributed by atoms with E-state index in [1.165, 1.54) is 13.1 Å². The molecule has 0 saturated heterocycles. The average molecular weight is 1220 g/mol. The number of allylic oxidation sites excluding steroid dienone is 7. The minimum atomic E-state index is -4.12. The number of hydrogen-bond donors (Lipinski definition) is 7. The Morgan fingerprint density at radius 3 is 2.23 bits per heavy atom. The number of aromatic nitrogens is 4. The van der Waals surface area contributed by atoms with Gasteiger partial charge in [0, 0.05) is 65.6 Å². The number of ether oxygens (including phenoxy) is 1. The molecule has 0 radical (unpaired) electrons.